The van der Waals surface area contributed by atoms with Gasteiger partial charge in [-0.2, -0.15) is 19.9 Å². The fourth-order valence-corrected chi connectivity index (χ4v) is 2.07. The summed E-state index contributed by atoms with van der Waals surface area (Å²) >= 11 is 0. The SMILES string of the molecule is CCCOc1nc(NCC)nc(N)c1N.CCNc1nc(N)c(N)c(OCC(C)C)n1. The minimum absolute atomic E-state index is 0.240. The van der Waals surface area contributed by atoms with Crippen LogP contribution in [0.15, 0.2) is 0 Å². The van der Waals surface area contributed by atoms with Gasteiger partial charge >= 0.3 is 0 Å². The number of nitrogens with two attached hydrogens (primary N) is 4. The molecule has 31 heavy (non-hydrogen) atoms. The molecule has 12 heteroatoms. The standard InChI is InChI=1S/C10H19N5O.C9H17N5O/c1-4-13-10-14-8(12)7(11)9(15-10)16-5-6(2)3;1-3-5-15-8-6(10)7(11)13-9(14-8)12-4-2/h6H,4-5,11H2,1-3H3,(H3,12,13,14,15);3-5,10H2,1-2H3,(H3,11,12,13,14). The number of anilines is 6. The molecule has 12 nitrogen and oxygen atoms in total. The van der Waals surface area contributed by atoms with Crippen molar-refractivity contribution >= 4 is 34.9 Å². The number of rotatable bonds is 10. The molecule has 2 aromatic heterocycles. The maximum absolute atomic E-state index is 5.73. The molecule has 0 aromatic carbocycles. The van der Waals surface area contributed by atoms with E-state index in [9.17, 15) is 0 Å². The predicted molar refractivity (Wildman–Crippen MR) is 126 cm³/mol. The number of nitrogens with one attached hydrogen (secondary N) is 2. The Labute approximate surface area is 183 Å². The van der Waals surface area contributed by atoms with Gasteiger partial charge in [-0.05, 0) is 26.2 Å². The van der Waals surface area contributed by atoms with Crippen molar-refractivity contribution in [1.29, 1.82) is 0 Å². The molecule has 0 saturated heterocycles. The molecule has 0 aliphatic heterocycles. The molecule has 2 aromatic rings. The topological polar surface area (TPSA) is 198 Å². The van der Waals surface area contributed by atoms with Gasteiger partial charge in [-0.1, -0.05) is 20.8 Å². The lowest BCUT2D eigenvalue weighted by Gasteiger charge is -2.12. The molecule has 0 spiro atoms. The number of nitrogens with zero attached hydrogens (tertiary/aromatic N) is 4. The van der Waals surface area contributed by atoms with Gasteiger partial charge in [-0.3, -0.25) is 0 Å². The monoisotopic (exact) mass is 436 g/mol. The van der Waals surface area contributed by atoms with E-state index in [1.807, 2.05) is 34.6 Å². The maximum atomic E-state index is 5.73. The van der Waals surface area contributed by atoms with Crippen molar-refractivity contribution in [3.8, 4) is 11.8 Å². The van der Waals surface area contributed by atoms with Crippen molar-refractivity contribution in [1.82, 2.24) is 19.9 Å². The largest absolute Gasteiger partial charge is 0.476 e. The highest BCUT2D eigenvalue weighted by Crippen LogP contribution is 2.26. The lowest BCUT2D eigenvalue weighted by molar-refractivity contribution is 0.263. The third kappa shape index (κ3) is 8.44. The number of nitrogen functional groups attached to an aromatic ring is 4. The molecule has 0 fully saturated rings. The van der Waals surface area contributed by atoms with Gasteiger partial charge in [0.15, 0.2) is 11.6 Å². The number of aromatic nitrogens is 4. The number of hydrogen-bond donors (Lipinski definition) is 6. The Balaban J connectivity index is 0.000000311. The van der Waals surface area contributed by atoms with Gasteiger partial charge in [0.25, 0.3) is 0 Å². The van der Waals surface area contributed by atoms with Crippen LogP contribution in [0.1, 0.15) is 41.0 Å². The van der Waals surface area contributed by atoms with Gasteiger partial charge in [0.2, 0.25) is 23.7 Å². The molecule has 0 unspecified atom stereocenters. The van der Waals surface area contributed by atoms with E-state index >= 15 is 0 Å². The van der Waals surface area contributed by atoms with Crippen molar-refractivity contribution in [3.63, 3.8) is 0 Å². The summed E-state index contributed by atoms with van der Waals surface area (Å²) in [5.74, 6) is 2.45. The van der Waals surface area contributed by atoms with E-state index in [4.69, 9.17) is 32.4 Å². The maximum Gasteiger partial charge on any atom is 0.244 e. The fraction of sp³-hybridized carbons (Fsp3) is 0.579. The quantitative estimate of drug-likeness (QED) is 0.317. The molecule has 0 bridgehead atoms. The summed E-state index contributed by atoms with van der Waals surface area (Å²) in [5.41, 5.74) is 23.3. The molecule has 0 saturated carbocycles. The lowest BCUT2D eigenvalue weighted by atomic mass is 10.2. The zero-order chi connectivity index (χ0) is 23.4. The zero-order valence-corrected chi connectivity index (χ0v) is 19.0. The van der Waals surface area contributed by atoms with Crippen molar-refractivity contribution in [3.05, 3.63) is 0 Å². The Morgan fingerprint density at radius 3 is 1.58 bits per heavy atom. The summed E-state index contributed by atoms with van der Waals surface area (Å²) in [5, 5.41) is 5.92. The smallest absolute Gasteiger partial charge is 0.244 e. The third-order valence-corrected chi connectivity index (χ3v) is 3.55. The third-order valence-electron chi connectivity index (χ3n) is 3.55. The van der Waals surface area contributed by atoms with Crippen LogP contribution in [0.5, 0.6) is 11.8 Å². The normalized spacial score (nSPS) is 10.3. The van der Waals surface area contributed by atoms with Gasteiger partial charge in [0.1, 0.15) is 11.4 Å². The zero-order valence-electron chi connectivity index (χ0n) is 19.0. The number of ether oxygens (including phenoxy) is 2. The first-order valence-corrected chi connectivity index (χ1v) is 10.3. The summed E-state index contributed by atoms with van der Waals surface area (Å²) in [6.45, 7) is 12.5. The van der Waals surface area contributed by atoms with Crippen LogP contribution in [0.4, 0.5) is 34.9 Å². The van der Waals surface area contributed by atoms with Crippen LogP contribution >= 0.6 is 0 Å². The second-order valence-corrected chi connectivity index (χ2v) is 6.92. The van der Waals surface area contributed by atoms with Crippen LogP contribution in [0.2, 0.25) is 0 Å². The molecule has 0 atom stereocenters. The van der Waals surface area contributed by atoms with Crippen molar-refractivity contribution in [2.24, 2.45) is 5.92 Å². The Kier molecular flexibility index (Phi) is 10.7. The summed E-state index contributed by atoms with van der Waals surface area (Å²) in [4.78, 5) is 16.2. The first-order valence-electron chi connectivity index (χ1n) is 10.3. The van der Waals surface area contributed by atoms with Gasteiger partial charge in [-0.25, -0.2) is 0 Å². The average Bonchev–Trinajstić information content (AvgIpc) is 2.72. The van der Waals surface area contributed by atoms with Crippen LogP contribution in [0.25, 0.3) is 0 Å². The molecular formula is C19H36N10O2. The van der Waals surface area contributed by atoms with E-state index in [0.717, 1.165) is 13.0 Å². The van der Waals surface area contributed by atoms with Gasteiger partial charge in [0, 0.05) is 13.1 Å². The molecule has 0 aliphatic rings. The Bertz CT molecular complexity index is 817. The minimum Gasteiger partial charge on any atom is -0.476 e. The van der Waals surface area contributed by atoms with Crippen LogP contribution in [0.3, 0.4) is 0 Å². The molecule has 10 N–H and O–H groups in total. The molecule has 2 rings (SSSR count). The second-order valence-electron chi connectivity index (χ2n) is 6.92. The summed E-state index contributed by atoms with van der Waals surface area (Å²) in [6.07, 6.45) is 0.889. The molecular weight excluding hydrogens is 400 g/mol. The van der Waals surface area contributed by atoms with Crippen molar-refractivity contribution in [2.75, 3.05) is 59.9 Å². The van der Waals surface area contributed by atoms with Gasteiger partial charge in [-0.15, -0.1) is 0 Å². The Morgan fingerprint density at radius 1 is 0.742 bits per heavy atom. The fourth-order valence-electron chi connectivity index (χ4n) is 2.07. The van der Waals surface area contributed by atoms with Crippen LogP contribution < -0.4 is 43.0 Å². The Hall–Kier alpha value is -3.44. The lowest BCUT2D eigenvalue weighted by Crippen LogP contribution is -2.12. The van der Waals surface area contributed by atoms with Crippen LogP contribution in [-0.2, 0) is 0 Å². The Morgan fingerprint density at radius 2 is 1.19 bits per heavy atom. The van der Waals surface area contributed by atoms with Crippen LogP contribution in [-0.4, -0.2) is 46.2 Å². The average molecular weight is 437 g/mol. The number of hydrogen-bond acceptors (Lipinski definition) is 12. The highest BCUT2D eigenvalue weighted by molar-refractivity contribution is 5.67. The van der Waals surface area contributed by atoms with Gasteiger partial charge < -0.3 is 43.0 Å². The van der Waals surface area contributed by atoms with Crippen molar-refractivity contribution < 1.29 is 9.47 Å². The molecule has 0 aliphatic carbocycles. The van der Waals surface area contributed by atoms with E-state index in [-0.39, 0.29) is 11.6 Å². The first kappa shape index (κ1) is 25.6. The molecule has 174 valence electrons. The summed E-state index contributed by atoms with van der Waals surface area (Å²) in [7, 11) is 0. The highest BCUT2D eigenvalue weighted by atomic mass is 16.5. The van der Waals surface area contributed by atoms with Gasteiger partial charge in [0.05, 0.1) is 13.2 Å². The first-order chi connectivity index (χ1) is 14.7. The van der Waals surface area contributed by atoms with Crippen molar-refractivity contribution in [2.45, 2.75) is 41.0 Å². The second kappa shape index (κ2) is 13.0. The summed E-state index contributed by atoms with van der Waals surface area (Å²) in [6, 6.07) is 0. The van der Waals surface area contributed by atoms with E-state index in [2.05, 4.69) is 30.6 Å². The highest BCUT2D eigenvalue weighted by Gasteiger charge is 2.11. The van der Waals surface area contributed by atoms with E-state index in [0.29, 0.717) is 60.7 Å². The van der Waals surface area contributed by atoms with E-state index in [1.165, 1.54) is 0 Å². The van der Waals surface area contributed by atoms with E-state index in [1.54, 1.807) is 0 Å². The predicted octanol–water partition coefficient (Wildman–Crippen LogP) is 1.97. The molecule has 2 heterocycles. The van der Waals surface area contributed by atoms with E-state index < -0.39 is 0 Å². The molecule has 0 radical (unpaired) electrons. The van der Waals surface area contributed by atoms with Crippen LogP contribution in [0, 0.1) is 5.92 Å². The molecule has 0 amide bonds. The summed E-state index contributed by atoms with van der Waals surface area (Å²) < 4.78 is 10.8. The minimum atomic E-state index is 0.240.